The van der Waals surface area contributed by atoms with Crippen molar-refractivity contribution in [2.75, 3.05) is 5.32 Å². The second-order valence-electron chi connectivity index (χ2n) is 3.64. The maximum atomic E-state index is 13.4. The molecular formula is C12H7F3N2O2. The first-order chi connectivity index (χ1) is 8.99. The monoisotopic (exact) mass is 268 g/mol. The summed E-state index contributed by atoms with van der Waals surface area (Å²) in [5.74, 6) is -2.62. The predicted molar refractivity (Wildman–Crippen MR) is 62.7 cm³/mol. The number of halogens is 3. The van der Waals surface area contributed by atoms with Crippen molar-refractivity contribution in [2.45, 2.75) is 0 Å². The Hall–Kier alpha value is -2.57. The number of nitrogens with one attached hydrogen (secondary N) is 1. The Morgan fingerprint density at radius 3 is 2.26 bits per heavy atom. The van der Waals surface area contributed by atoms with Crippen molar-refractivity contribution in [3.05, 3.63) is 64.0 Å². The molecule has 2 rings (SSSR count). The van der Waals surface area contributed by atoms with Crippen molar-refractivity contribution < 1.29 is 18.1 Å². The summed E-state index contributed by atoms with van der Waals surface area (Å²) in [5.41, 5.74) is -1.34. The molecule has 0 saturated carbocycles. The van der Waals surface area contributed by atoms with Crippen LogP contribution < -0.4 is 5.32 Å². The van der Waals surface area contributed by atoms with E-state index in [0.29, 0.717) is 6.07 Å². The summed E-state index contributed by atoms with van der Waals surface area (Å²) in [5, 5.41) is 13.0. The van der Waals surface area contributed by atoms with E-state index in [-0.39, 0.29) is 5.69 Å². The zero-order valence-corrected chi connectivity index (χ0v) is 9.36. The van der Waals surface area contributed by atoms with Gasteiger partial charge in [0.15, 0.2) is 0 Å². The van der Waals surface area contributed by atoms with E-state index >= 15 is 0 Å². The topological polar surface area (TPSA) is 55.2 Å². The minimum atomic E-state index is -0.904. The highest BCUT2D eigenvalue weighted by atomic mass is 19.1. The van der Waals surface area contributed by atoms with E-state index in [2.05, 4.69) is 5.32 Å². The zero-order valence-electron chi connectivity index (χ0n) is 9.36. The average molecular weight is 268 g/mol. The second kappa shape index (κ2) is 4.97. The average Bonchev–Trinajstić information content (AvgIpc) is 2.35. The summed E-state index contributed by atoms with van der Waals surface area (Å²) >= 11 is 0. The van der Waals surface area contributed by atoms with Crippen molar-refractivity contribution in [3.8, 4) is 0 Å². The van der Waals surface area contributed by atoms with Gasteiger partial charge in [0, 0.05) is 0 Å². The molecule has 19 heavy (non-hydrogen) atoms. The smallest absolute Gasteiger partial charge is 0.295 e. The quantitative estimate of drug-likeness (QED) is 0.681. The minimum Gasteiger partial charge on any atom is -0.345 e. The van der Waals surface area contributed by atoms with Gasteiger partial charge >= 0.3 is 0 Å². The van der Waals surface area contributed by atoms with Crippen LogP contribution in [0.4, 0.5) is 30.2 Å². The van der Waals surface area contributed by atoms with Gasteiger partial charge in [0.25, 0.3) is 5.69 Å². The number of para-hydroxylation sites is 1. The molecule has 0 aliphatic rings. The highest BCUT2D eigenvalue weighted by Crippen LogP contribution is 2.30. The minimum absolute atomic E-state index is 0.199. The first kappa shape index (κ1) is 12.9. The Labute approximate surface area is 105 Å². The first-order valence-corrected chi connectivity index (χ1v) is 5.14. The summed E-state index contributed by atoms with van der Waals surface area (Å²) in [4.78, 5) is 9.90. The van der Waals surface area contributed by atoms with E-state index in [0.717, 1.165) is 30.3 Å². The molecule has 0 heterocycles. The van der Waals surface area contributed by atoms with Gasteiger partial charge in [-0.25, -0.2) is 13.2 Å². The molecule has 0 atom stereocenters. The Balaban J connectivity index is 2.47. The van der Waals surface area contributed by atoms with Gasteiger partial charge < -0.3 is 5.32 Å². The highest BCUT2D eigenvalue weighted by molar-refractivity contribution is 5.70. The number of nitrogens with zero attached hydrogens (tertiary/aromatic N) is 1. The number of hydrogen-bond acceptors (Lipinski definition) is 3. The fourth-order valence-electron chi connectivity index (χ4n) is 1.51. The molecular weight excluding hydrogens is 261 g/mol. The molecule has 0 amide bonds. The molecule has 7 heteroatoms. The summed E-state index contributed by atoms with van der Waals surface area (Å²) in [6, 6.07) is 5.82. The van der Waals surface area contributed by atoms with Gasteiger partial charge in [0.2, 0.25) is 0 Å². The summed E-state index contributed by atoms with van der Waals surface area (Å²) in [7, 11) is 0. The van der Waals surface area contributed by atoms with Gasteiger partial charge in [0.05, 0.1) is 11.0 Å². The Bertz CT molecular complexity index is 627. The van der Waals surface area contributed by atoms with Crippen LogP contribution in [0.2, 0.25) is 0 Å². The maximum absolute atomic E-state index is 13.4. The lowest BCUT2D eigenvalue weighted by atomic mass is 10.2. The molecule has 0 aliphatic heterocycles. The first-order valence-electron chi connectivity index (χ1n) is 5.14. The number of anilines is 2. The van der Waals surface area contributed by atoms with Gasteiger partial charge in [-0.3, -0.25) is 10.1 Å². The van der Waals surface area contributed by atoms with Crippen LogP contribution in [-0.4, -0.2) is 4.92 Å². The molecule has 98 valence electrons. The third kappa shape index (κ3) is 2.65. The molecule has 2 aromatic carbocycles. The van der Waals surface area contributed by atoms with Crippen LogP contribution in [0.1, 0.15) is 0 Å². The molecule has 0 saturated heterocycles. The molecule has 0 unspecified atom stereocenters. The van der Waals surface area contributed by atoms with Crippen molar-refractivity contribution in [1.29, 1.82) is 0 Å². The van der Waals surface area contributed by atoms with Crippen LogP contribution in [0.25, 0.3) is 0 Å². The van der Waals surface area contributed by atoms with E-state index < -0.39 is 33.7 Å². The van der Waals surface area contributed by atoms with Gasteiger partial charge in [-0.1, -0.05) is 6.07 Å². The summed E-state index contributed by atoms with van der Waals surface area (Å²) in [6.45, 7) is 0. The zero-order chi connectivity index (χ0) is 14.0. The molecule has 0 aromatic heterocycles. The third-order valence-corrected chi connectivity index (χ3v) is 2.38. The van der Waals surface area contributed by atoms with Gasteiger partial charge in [-0.15, -0.1) is 0 Å². The van der Waals surface area contributed by atoms with Gasteiger partial charge in [0.1, 0.15) is 28.8 Å². The van der Waals surface area contributed by atoms with E-state index in [1.807, 2.05) is 0 Å². The lowest BCUT2D eigenvalue weighted by Crippen LogP contribution is -2.01. The van der Waals surface area contributed by atoms with E-state index in [9.17, 15) is 23.3 Å². The SMILES string of the molecule is O=[N+]([O-])c1cc(F)ccc1Nc1c(F)cccc1F. The van der Waals surface area contributed by atoms with Crippen LogP contribution >= 0.6 is 0 Å². The van der Waals surface area contributed by atoms with Crippen LogP contribution in [0, 0.1) is 27.6 Å². The Kier molecular flexibility index (Phi) is 3.37. The number of nitro benzene ring substituents is 1. The maximum Gasteiger partial charge on any atom is 0.295 e. The largest absolute Gasteiger partial charge is 0.345 e. The highest BCUT2D eigenvalue weighted by Gasteiger charge is 2.17. The molecule has 1 N–H and O–H groups in total. The molecule has 2 aromatic rings. The number of hydrogen-bond donors (Lipinski definition) is 1. The third-order valence-electron chi connectivity index (χ3n) is 2.38. The lowest BCUT2D eigenvalue weighted by molar-refractivity contribution is -0.384. The van der Waals surface area contributed by atoms with Crippen LogP contribution in [-0.2, 0) is 0 Å². The molecule has 0 aliphatic carbocycles. The fourth-order valence-corrected chi connectivity index (χ4v) is 1.51. The van der Waals surface area contributed by atoms with Gasteiger partial charge in [-0.2, -0.15) is 0 Å². The fraction of sp³-hybridized carbons (Fsp3) is 0. The Morgan fingerprint density at radius 2 is 1.68 bits per heavy atom. The van der Waals surface area contributed by atoms with Crippen molar-refractivity contribution in [1.82, 2.24) is 0 Å². The Morgan fingerprint density at radius 1 is 1.05 bits per heavy atom. The summed E-state index contributed by atoms with van der Waals surface area (Å²) in [6.07, 6.45) is 0. The second-order valence-corrected chi connectivity index (χ2v) is 3.64. The van der Waals surface area contributed by atoms with Crippen LogP contribution in [0.15, 0.2) is 36.4 Å². The molecule has 0 fully saturated rings. The van der Waals surface area contributed by atoms with E-state index in [1.54, 1.807) is 0 Å². The number of nitro groups is 1. The van der Waals surface area contributed by atoms with Crippen molar-refractivity contribution in [2.24, 2.45) is 0 Å². The molecule has 4 nitrogen and oxygen atoms in total. The van der Waals surface area contributed by atoms with Gasteiger partial charge in [-0.05, 0) is 24.3 Å². The standard InChI is InChI=1S/C12H7F3N2O2/c13-7-4-5-10(11(6-7)17(18)19)16-12-8(14)2-1-3-9(12)15/h1-6,16H. The predicted octanol–water partition coefficient (Wildman–Crippen LogP) is 3.76. The van der Waals surface area contributed by atoms with E-state index in [1.165, 1.54) is 0 Å². The van der Waals surface area contributed by atoms with Crippen LogP contribution in [0.3, 0.4) is 0 Å². The van der Waals surface area contributed by atoms with Crippen molar-refractivity contribution in [3.63, 3.8) is 0 Å². The van der Waals surface area contributed by atoms with E-state index in [4.69, 9.17) is 0 Å². The molecule has 0 spiro atoms. The number of rotatable bonds is 3. The molecule has 0 radical (unpaired) electrons. The lowest BCUT2D eigenvalue weighted by Gasteiger charge is -2.09. The van der Waals surface area contributed by atoms with Crippen molar-refractivity contribution >= 4 is 17.1 Å². The normalized spacial score (nSPS) is 10.3. The number of benzene rings is 2. The van der Waals surface area contributed by atoms with Crippen LogP contribution in [0.5, 0.6) is 0 Å². The summed E-state index contributed by atoms with van der Waals surface area (Å²) < 4.78 is 39.7. The molecule has 0 bridgehead atoms.